The number of rotatable bonds is 5. The normalized spacial score (nSPS) is 10.6. The van der Waals surface area contributed by atoms with Crippen LogP contribution < -0.4 is 10.6 Å². The molecule has 94 valence electrons. The van der Waals surface area contributed by atoms with E-state index in [2.05, 4.69) is 13.8 Å². The summed E-state index contributed by atoms with van der Waals surface area (Å²) in [5, 5.41) is 0. The quantitative estimate of drug-likeness (QED) is 0.796. The molecule has 0 saturated heterocycles. The molecule has 3 nitrogen and oxygen atoms in total. The van der Waals surface area contributed by atoms with Crippen molar-refractivity contribution in [1.29, 1.82) is 0 Å². The Bertz CT molecular complexity index is 357. The van der Waals surface area contributed by atoms with Gasteiger partial charge in [0.05, 0.1) is 0 Å². The van der Waals surface area contributed by atoms with Gasteiger partial charge in [-0.15, -0.1) is 0 Å². The third kappa shape index (κ3) is 4.10. The Morgan fingerprint density at radius 1 is 1.29 bits per heavy atom. The van der Waals surface area contributed by atoms with E-state index in [4.69, 9.17) is 5.73 Å². The highest BCUT2D eigenvalue weighted by Gasteiger charge is 2.13. The molecule has 2 N–H and O–H groups in total. The fraction of sp³-hybridized carbons (Fsp3) is 0.500. The molecule has 0 aliphatic heterocycles. The van der Waals surface area contributed by atoms with Crippen molar-refractivity contribution in [2.75, 3.05) is 17.2 Å². The Hall–Kier alpha value is -1.51. The molecule has 0 bridgehead atoms. The van der Waals surface area contributed by atoms with Crippen LogP contribution in [0.15, 0.2) is 24.3 Å². The van der Waals surface area contributed by atoms with Crippen molar-refractivity contribution in [2.45, 2.75) is 33.6 Å². The molecule has 0 radical (unpaired) electrons. The monoisotopic (exact) mass is 234 g/mol. The Balaban J connectivity index is 2.70. The van der Waals surface area contributed by atoms with Crippen molar-refractivity contribution in [3.8, 4) is 0 Å². The Kier molecular flexibility index (Phi) is 5.01. The maximum atomic E-state index is 12.1. The van der Waals surface area contributed by atoms with Crippen LogP contribution in [-0.2, 0) is 4.79 Å². The van der Waals surface area contributed by atoms with Gasteiger partial charge in [-0.25, -0.2) is 0 Å². The van der Waals surface area contributed by atoms with Gasteiger partial charge >= 0.3 is 0 Å². The fourth-order valence-corrected chi connectivity index (χ4v) is 1.70. The van der Waals surface area contributed by atoms with Gasteiger partial charge in [0.2, 0.25) is 5.91 Å². The molecule has 0 spiro atoms. The maximum absolute atomic E-state index is 12.1. The maximum Gasteiger partial charge on any atom is 0.226 e. The highest BCUT2D eigenvalue weighted by atomic mass is 16.2. The van der Waals surface area contributed by atoms with E-state index in [9.17, 15) is 4.79 Å². The van der Waals surface area contributed by atoms with Crippen LogP contribution in [0.5, 0.6) is 0 Å². The topological polar surface area (TPSA) is 46.3 Å². The Morgan fingerprint density at radius 2 is 1.88 bits per heavy atom. The third-order valence-corrected chi connectivity index (χ3v) is 2.76. The van der Waals surface area contributed by atoms with E-state index in [1.54, 1.807) is 0 Å². The number of nitrogens with zero attached hydrogens (tertiary/aromatic N) is 1. The molecule has 0 saturated carbocycles. The fourth-order valence-electron chi connectivity index (χ4n) is 1.70. The molecule has 0 unspecified atom stereocenters. The first-order valence-corrected chi connectivity index (χ1v) is 6.20. The molecule has 17 heavy (non-hydrogen) atoms. The van der Waals surface area contributed by atoms with Gasteiger partial charge in [-0.1, -0.05) is 13.8 Å². The predicted molar refractivity (Wildman–Crippen MR) is 73.0 cm³/mol. The number of benzene rings is 1. The SMILES string of the molecule is CCN(C(=O)CCC(C)C)c1ccc(N)cc1. The van der Waals surface area contributed by atoms with E-state index in [1.807, 2.05) is 36.1 Å². The minimum absolute atomic E-state index is 0.186. The zero-order valence-corrected chi connectivity index (χ0v) is 10.9. The van der Waals surface area contributed by atoms with Crippen LogP contribution in [0.25, 0.3) is 0 Å². The Labute approximate surface area is 104 Å². The highest BCUT2D eigenvalue weighted by Crippen LogP contribution is 2.18. The number of amides is 1. The van der Waals surface area contributed by atoms with Crippen LogP contribution in [0.1, 0.15) is 33.6 Å². The van der Waals surface area contributed by atoms with Crippen molar-refractivity contribution >= 4 is 17.3 Å². The van der Waals surface area contributed by atoms with Crippen molar-refractivity contribution in [1.82, 2.24) is 0 Å². The molecule has 1 rings (SSSR count). The third-order valence-electron chi connectivity index (χ3n) is 2.76. The molecule has 0 aliphatic carbocycles. The number of anilines is 2. The summed E-state index contributed by atoms with van der Waals surface area (Å²) in [7, 11) is 0. The second-order valence-corrected chi connectivity index (χ2v) is 4.66. The molecule has 0 aromatic heterocycles. The summed E-state index contributed by atoms with van der Waals surface area (Å²) in [4.78, 5) is 13.9. The van der Waals surface area contributed by atoms with Gasteiger partial charge in [-0.05, 0) is 43.5 Å². The lowest BCUT2D eigenvalue weighted by atomic mass is 10.1. The largest absolute Gasteiger partial charge is 0.399 e. The summed E-state index contributed by atoms with van der Waals surface area (Å²) < 4.78 is 0. The van der Waals surface area contributed by atoms with Gasteiger partial charge in [0.15, 0.2) is 0 Å². The molecule has 1 amide bonds. The number of nitrogens with two attached hydrogens (primary N) is 1. The summed E-state index contributed by atoms with van der Waals surface area (Å²) in [6, 6.07) is 7.44. The molecule has 0 atom stereocenters. The average Bonchev–Trinajstić information content (AvgIpc) is 2.30. The average molecular weight is 234 g/mol. The van der Waals surface area contributed by atoms with Gasteiger partial charge in [-0.3, -0.25) is 4.79 Å². The highest BCUT2D eigenvalue weighted by molar-refractivity contribution is 5.93. The molecule has 0 aliphatic rings. The van der Waals surface area contributed by atoms with Crippen LogP contribution >= 0.6 is 0 Å². The van der Waals surface area contributed by atoms with Crippen molar-refractivity contribution in [2.24, 2.45) is 5.92 Å². The summed E-state index contributed by atoms with van der Waals surface area (Å²) in [5.41, 5.74) is 7.29. The van der Waals surface area contributed by atoms with Crippen molar-refractivity contribution in [3.05, 3.63) is 24.3 Å². The summed E-state index contributed by atoms with van der Waals surface area (Å²) in [5.74, 6) is 0.745. The van der Waals surface area contributed by atoms with E-state index >= 15 is 0 Å². The zero-order valence-electron chi connectivity index (χ0n) is 10.9. The van der Waals surface area contributed by atoms with Crippen molar-refractivity contribution in [3.63, 3.8) is 0 Å². The predicted octanol–water partition coefficient (Wildman–Crippen LogP) is 3.06. The Morgan fingerprint density at radius 3 is 2.35 bits per heavy atom. The first kappa shape index (κ1) is 13.6. The summed E-state index contributed by atoms with van der Waals surface area (Å²) >= 11 is 0. The van der Waals surface area contributed by atoms with Gasteiger partial charge in [0.1, 0.15) is 0 Å². The van der Waals surface area contributed by atoms with Crippen molar-refractivity contribution < 1.29 is 4.79 Å². The number of nitrogen functional groups attached to an aromatic ring is 1. The smallest absolute Gasteiger partial charge is 0.226 e. The second-order valence-electron chi connectivity index (χ2n) is 4.66. The van der Waals surface area contributed by atoms with Crippen LogP contribution in [-0.4, -0.2) is 12.5 Å². The van der Waals surface area contributed by atoms with Gasteiger partial charge in [-0.2, -0.15) is 0 Å². The molecular weight excluding hydrogens is 212 g/mol. The molecule has 1 aromatic rings. The van der Waals surface area contributed by atoms with E-state index in [1.165, 1.54) is 0 Å². The van der Waals surface area contributed by atoms with E-state index < -0.39 is 0 Å². The van der Waals surface area contributed by atoms with E-state index in [0.717, 1.165) is 17.8 Å². The first-order valence-electron chi connectivity index (χ1n) is 6.20. The van der Waals surface area contributed by atoms with Crippen LogP contribution in [0.2, 0.25) is 0 Å². The lowest BCUT2D eigenvalue weighted by Crippen LogP contribution is -2.30. The standard InChI is InChI=1S/C14H22N2O/c1-4-16(14(17)10-5-11(2)3)13-8-6-12(15)7-9-13/h6-9,11H,4-5,10,15H2,1-3H3. The first-order chi connectivity index (χ1) is 8.04. The second kappa shape index (κ2) is 6.28. The van der Waals surface area contributed by atoms with Gasteiger partial charge in [0.25, 0.3) is 0 Å². The molecule has 0 fully saturated rings. The molecular formula is C14H22N2O. The number of hydrogen-bond acceptors (Lipinski definition) is 2. The molecule has 1 aromatic carbocycles. The van der Waals surface area contributed by atoms with Crippen LogP contribution in [0, 0.1) is 5.92 Å². The number of hydrogen-bond donors (Lipinski definition) is 1. The molecule has 0 heterocycles. The molecule has 3 heteroatoms. The van der Waals surface area contributed by atoms with Crippen LogP contribution in [0.4, 0.5) is 11.4 Å². The van der Waals surface area contributed by atoms with Gasteiger partial charge < -0.3 is 10.6 Å². The lowest BCUT2D eigenvalue weighted by Gasteiger charge is -2.21. The van der Waals surface area contributed by atoms with Gasteiger partial charge in [0, 0.05) is 24.3 Å². The minimum atomic E-state index is 0.186. The van der Waals surface area contributed by atoms with E-state index in [0.29, 0.717) is 18.9 Å². The number of carbonyl (C=O) groups excluding carboxylic acids is 1. The summed E-state index contributed by atoms with van der Waals surface area (Å²) in [6.45, 7) is 6.95. The lowest BCUT2D eigenvalue weighted by molar-refractivity contribution is -0.118. The minimum Gasteiger partial charge on any atom is -0.399 e. The van der Waals surface area contributed by atoms with E-state index in [-0.39, 0.29) is 5.91 Å². The number of carbonyl (C=O) groups is 1. The zero-order chi connectivity index (χ0) is 12.8. The summed E-state index contributed by atoms with van der Waals surface area (Å²) in [6.07, 6.45) is 1.54. The van der Waals surface area contributed by atoms with Crippen LogP contribution in [0.3, 0.4) is 0 Å².